The maximum Gasteiger partial charge on any atom is 0.411 e. The third-order valence-electron chi connectivity index (χ3n) is 7.10. The van der Waals surface area contributed by atoms with Crippen molar-refractivity contribution in [2.75, 3.05) is 6.61 Å². The predicted octanol–water partition coefficient (Wildman–Crippen LogP) is 4.43. The van der Waals surface area contributed by atoms with E-state index in [1.54, 1.807) is 0 Å². The van der Waals surface area contributed by atoms with E-state index in [2.05, 4.69) is 4.52 Å². The molecule has 0 amide bonds. The molecule has 6 rings (SSSR count). The summed E-state index contributed by atoms with van der Waals surface area (Å²) in [4.78, 5) is 30.9. The van der Waals surface area contributed by atoms with Gasteiger partial charge in [0.1, 0.15) is 12.4 Å². The minimum absolute atomic E-state index is 0.0388. The van der Waals surface area contributed by atoms with Crippen molar-refractivity contribution in [3.63, 3.8) is 0 Å². The smallest absolute Gasteiger partial charge is 0.411 e. The first-order chi connectivity index (χ1) is 14.8. The van der Waals surface area contributed by atoms with Crippen LogP contribution >= 0.6 is 31.0 Å². The molecular formula is C19H19Cl2F3O7P-. The van der Waals surface area contributed by atoms with Crippen LogP contribution in [0.2, 0.25) is 5.02 Å². The molecule has 1 spiro atoms. The standard InChI is InChI=1S/C19H20Cl2F3O7P/c20-14-2-1-11(5-15(14)29-32(25,26)27)19(28-9-17(22,23)24)18(30-31-19)12-3-10-4-13(18)8-16(21,6-10)7-12/h1-2,5,10,12-13H,3-4,6-9H2,(H2,25,26,27)/p-1. The molecule has 1 N–H and O–H groups in total. The van der Waals surface area contributed by atoms with Gasteiger partial charge < -0.3 is 19.0 Å². The molecule has 4 bridgehead atoms. The Kier molecular flexibility index (Phi) is 5.22. The van der Waals surface area contributed by atoms with Gasteiger partial charge in [-0.3, -0.25) is 4.57 Å². The van der Waals surface area contributed by atoms with Gasteiger partial charge >= 0.3 is 14.0 Å². The molecule has 0 radical (unpaired) electrons. The van der Waals surface area contributed by atoms with Crippen molar-refractivity contribution in [2.45, 2.75) is 54.5 Å². The Hall–Kier alpha value is -0.580. The highest BCUT2D eigenvalue weighted by Gasteiger charge is 2.78. The van der Waals surface area contributed by atoms with Crippen molar-refractivity contribution in [1.29, 1.82) is 0 Å². The minimum atomic E-state index is -5.23. The minimum Gasteiger partial charge on any atom is -0.746 e. The molecule has 1 aliphatic heterocycles. The molecule has 0 aromatic heterocycles. The summed E-state index contributed by atoms with van der Waals surface area (Å²) in [5.41, 5.74) is -1.20. The van der Waals surface area contributed by atoms with E-state index in [1.807, 2.05) is 0 Å². The van der Waals surface area contributed by atoms with Gasteiger partial charge in [0.25, 0.3) is 5.79 Å². The maximum atomic E-state index is 13.2. The van der Waals surface area contributed by atoms with Crippen molar-refractivity contribution in [2.24, 2.45) is 17.8 Å². The third-order valence-corrected chi connectivity index (χ3v) is 8.31. The zero-order valence-electron chi connectivity index (χ0n) is 16.4. The Morgan fingerprint density at radius 1 is 1.22 bits per heavy atom. The van der Waals surface area contributed by atoms with Gasteiger partial charge in [-0.1, -0.05) is 17.7 Å². The molecule has 1 aromatic carbocycles. The number of alkyl halides is 4. The molecule has 1 saturated heterocycles. The molecule has 4 unspecified atom stereocenters. The summed E-state index contributed by atoms with van der Waals surface area (Å²) in [7, 11) is -5.23. The number of halogens is 5. The lowest BCUT2D eigenvalue weighted by Gasteiger charge is -2.70. The largest absolute Gasteiger partial charge is 0.746 e. The summed E-state index contributed by atoms with van der Waals surface area (Å²) < 4.78 is 60.8. The number of ether oxygens (including phenoxy) is 1. The molecule has 13 heteroatoms. The molecule has 5 aliphatic rings. The molecule has 1 heterocycles. The van der Waals surface area contributed by atoms with Crippen LogP contribution in [0, 0.1) is 17.8 Å². The van der Waals surface area contributed by atoms with Gasteiger partial charge in [-0.2, -0.15) is 18.1 Å². The van der Waals surface area contributed by atoms with Crippen LogP contribution in [0.5, 0.6) is 5.75 Å². The number of rotatable bonds is 5. The van der Waals surface area contributed by atoms with Gasteiger partial charge in [0.05, 0.1) is 5.02 Å². The second-order valence-electron chi connectivity index (χ2n) is 9.18. The Balaban J connectivity index is 1.60. The van der Waals surface area contributed by atoms with Gasteiger partial charge in [0, 0.05) is 10.4 Å². The highest BCUT2D eigenvalue weighted by Crippen LogP contribution is 2.71. The number of phosphoric ester groups is 1. The van der Waals surface area contributed by atoms with Gasteiger partial charge in [0.15, 0.2) is 5.60 Å². The molecule has 4 aliphatic carbocycles. The van der Waals surface area contributed by atoms with Crippen molar-refractivity contribution in [1.82, 2.24) is 0 Å². The molecule has 7 nitrogen and oxygen atoms in total. The van der Waals surface area contributed by atoms with E-state index in [-0.39, 0.29) is 22.4 Å². The number of hydrogen-bond donors (Lipinski definition) is 1. The molecule has 1 aromatic rings. The van der Waals surface area contributed by atoms with E-state index in [4.69, 9.17) is 42.6 Å². The van der Waals surface area contributed by atoms with E-state index in [9.17, 15) is 22.6 Å². The summed E-state index contributed by atoms with van der Waals surface area (Å²) >= 11 is 12.8. The second-order valence-corrected chi connectivity index (χ2v) is 11.5. The molecular weight excluding hydrogens is 499 g/mol. The van der Waals surface area contributed by atoms with Crippen LogP contribution in [-0.2, 0) is 24.9 Å². The van der Waals surface area contributed by atoms with E-state index in [0.717, 1.165) is 12.5 Å². The first-order valence-corrected chi connectivity index (χ1v) is 12.3. The molecule has 32 heavy (non-hydrogen) atoms. The van der Waals surface area contributed by atoms with Crippen LogP contribution in [0.4, 0.5) is 13.2 Å². The molecule has 4 atom stereocenters. The van der Waals surface area contributed by atoms with Gasteiger partial charge in [-0.15, -0.1) is 11.6 Å². The van der Waals surface area contributed by atoms with Crippen LogP contribution in [-0.4, -0.2) is 28.2 Å². The van der Waals surface area contributed by atoms with E-state index >= 15 is 0 Å². The third kappa shape index (κ3) is 3.58. The average Bonchev–Trinajstić information content (AvgIpc) is 2.60. The fraction of sp³-hybridized carbons (Fsp3) is 0.684. The van der Waals surface area contributed by atoms with E-state index < -0.39 is 42.6 Å². The number of phosphoric acid groups is 1. The normalized spacial score (nSPS) is 42.0. The average molecular weight is 518 g/mol. The van der Waals surface area contributed by atoms with Crippen molar-refractivity contribution >= 4 is 31.0 Å². The Morgan fingerprint density at radius 3 is 2.38 bits per heavy atom. The van der Waals surface area contributed by atoms with E-state index in [0.29, 0.717) is 31.6 Å². The van der Waals surface area contributed by atoms with Gasteiger partial charge in [0.2, 0.25) is 0 Å². The van der Waals surface area contributed by atoms with Crippen LogP contribution in [0.15, 0.2) is 18.2 Å². The zero-order chi connectivity index (χ0) is 23.2. The van der Waals surface area contributed by atoms with Crippen LogP contribution in [0.25, 0.3) is 0 Å². The van der Waals surface area contributed by atoms with Crippen LogP contribution in [0.3, 0.4) is 0 Å². The predicted molar refractivity (Wildman–Crippen MR) is 103 cm³/mol. The summed E-state index contributed by atoms with van der Waals surface area (Å²) in [5.74, 6) is -2.56. The van der Waals surface area contributed by atoms with Crippen LogP contribution in [0.1, 0.15) is 37.7 Å². The topological polar surface area (TPSA) is 97.3 Å². The second kappa shape index (κ2) is 7.21. The van der Waals surface area contributed by atoms with Crippen molar-refractivity contribution in [3.8, 4) is 5.75 Å². The SMILES string of the molecule is O=P([O-])(O)Oc1cc(C2(OCC(F)(F)F)OOC23C2CC4CC3CC(Cl)(C4)C2)ccc1Cl. The number of hydrogen-bond acceptors (Lipinski definition) is 6. The summed E-state index contributed by atoms with van der Waals surface area (Å²) in [6, 6.07) is 3.69. The summed E-state index contributed by atoms with van der Waals surface area (Å²) in [6.07, 6.45) is -1.34. The zero-order valence-corrected chi connectivity index (χ0v) is 18.8. The number of benzene rings is 1. The molecule has 4 saturated carbocycles. The quantitative estimate of drug-likeness (QED) is 0.350. The van der Waals surface area contributed by atoms with E-state index in [1.165, 1.54) is 12.1 Å². The van der Waals surface area contributed by atoms with Crippen molar-refractivity contribution in [3.05, 3.63) is 28.8 Å². The lowest BCUT2D eigenvalue weighted by atomic mass is 9.46. The Bertz CT molecular complexity index is 970. The monoisotopic (exact) mass is 517 g/mol. The first kappa shape index (κ1) is 23.2. The highest BCUT2D eigenvalue weighted by atomic mass is 35.5. The molecule has 5 fully saturated rings. The van der Waals surface area contributed by atoms with Gasteiger partial charge in [-0.25, -0.2) is 4.89 Å². The van der Waals surface area contributed by atoms with Crippen molar-refractivity contribution < 1.29 is 46.6 Å². The highest BCUT2D eigenvalue weighted by molar-refractivity contribution is 7.45. The fourth-order valence-corrected chi connectivity index (χ4v) is 7.54. The van der Waals surface area contributed by atoms with Crippen LogP contribution < -0.4 is 9.42 Å². The summed E-state index contributed by atoms with van der Waals surface area (Å²) in [5, 5.41) is -0.177. The fourth-order valence-electron chi connectivity index (χ4n) is 6.34. The summed E-state index contributed by atoms with van der Waals surface area (Å²) in [6.45, 7) is -1.62. The Morgan fingerprint density at radius 2 is 1.88 bits per heavy atom. The lowest BCUT2D eigenvalue weighted by molar-refractivity contribution is -0.650. The Labute approximate surface area is 191 Å². The molecule has 178 valence electrons. The van der Waals surface area contributed by atoms with Gasteiger partial charge in [-0.05, 0) is 62.0 Å². The maximum absolute atomic E-state index is 13.2. The lowest BCUT2D eigenvalue weighted by Crippen LogP contribution is -2.78. The first-order valence-electron chi connectivity index (χ1n) is 10.1.